The Labute approximate surface area is 486 Å². The van der Waals surface area contributed by atoms with Crippen LogP contribution in [-0.2, 0) is 0 Å². The molecular formula is C77H142. The first kappa shape index (κ1) is 65.9. The van der Waals surface area contributed by atoms with E-state index >= 15 is 0 Å². The molecule has 5 unspecified atom stereocenters. The van der Waals surface area contributed by atoms with Crippen LogP contribution >= 0.6 is 0 Å². The van der Waals surface area contributed by atoms with E-state index in [0.29, 0.717) is 32.5 Å². The van der Waals surface area contributed by atoms with E-state index in [-0.39, 0.29) is 0 Å². The van der Waals surface area contributed by atoms with Crippen LogP contribution in [0.1, 0.15) is 343 Å². The van der Waals surface area contributed by atoms with Crippen molar-refractivity contribution >= 4 is 0 Å². The van der Waals surface area contributed by atoms with E-state index in [2.05, 4.69) is 137 Å². The van der Waals surface area contributed by atoms with Crippen LogP contribution in [0.15, 0.2) is 12.7 Å². The molecule has 6 rings (SSSR count). The van der Waals surface area contributed by atoms with Crippen LogP contribution < -0.4 is 0 Å². The maximum absolute atomic E-state index is 4.29. The summed E-state index contributed by atoms with van der Waals surface area (Å²) in [5.41, 5.74) is 2.87. The smallest absolute Gasteiger partial charge is 0.0236 e. The van der Waals surface area contributed by atoms with Crippen molar-refractivity contribution in [1.82, 2.24) is 0 Å². The van der Waals surface area contributed by atoms with Crippen molar-refractivity contribution in [1.29, 1.82) is 0 Å². The summed E-state index contributed by atoms with van der Waals surface area (Å²) in [7, 11) is 0. The molecule has 0 aliphatic heterocycles. The molecule has 0 heterocycles. The number of rotatable bonds is 27. The Morgan fingerprint density at radius 3 is 0.935 bits per heavy atom. The van der Waals surface area contributed by atoms with E-state index in [1.807, 2.05) is 0 Å². The minimum atomic E-state index is 0.426. The van der Waals surface area contributed by atoms with Crippen molar-refractivity contribution in [2.24, 2.45) is 133 Å². The van der Waals surface area contributed by atoms with Crippen LogP contribution in [0.2, 0.25) is 0 Å². The van der Waals surface area contributed by atoms with E-state index in [9.17, 15) is 0 Å². The summed E-state index contributed by atoms with van der Waals surface area (Å²) >= 11 is 0. The highest BCUT2D eigenvalue weighted by Gasteiger charge is 2.48. The standard InChI is InChI=1S/C77H142/c1-20-55-27-41-67(42-28-55)75(14,15)54-63(59-35-51-69(52-36-59)77(18,19)71(23-4)61-39-47-66(48-40-61)74(12,13)26-7)53-62(30-29-56(21-2)57-31-43-64(44-32-57)72(8,9)24-5)58-33-49-68(50-34-58)76(16,17)70(22-3)60-37-45-65(46-38-60)73(10,11)25-6/h20,55-71H,1,21-54H2,2-19H3. The van der Waals surface area contributed by atoms with Crippen LogP contribution in [0, 0.1) is 133 Å². The molecule has 0 N–H and O–H groups in total. The molecule has 77 heavy (non-hydrogen) atoms. The Morgan fingerprint density at radius 1 is 0.325 bits per heavy atom. The molecular weight excluding hydrogens is 925 g/mol. The van der Waals surface area contributed by atoms with E-state index < -0.39 is 0 Å². The third-order valence-corrected chi connectivity index (χ3v) is 29.0. The summed E-state index contributed by atoms with van der Waals surface area (Å²) in [6.07, 6.45) is 52.3. The molecule has 0 nitrogen and oxygen atoms in total. The highest BCUT2D eigenvalue weighted by atomic mass is 14.5. The predicted molar refractivity (Wildman–Crippen MR) is 343 cm³/mol. The first-order valence-corrected chi connectivity index (χ1v) is 35.9. The fourth-order valence-corrected chi connectivity index (χ4v) is 21.6. The molecule has 6 saturated carbocycles. The van der Waals surface area contributed by atoms with Gasteiger partial charge in [0.15, 0.2) is 0 Å². The Morgan fingerprint density at radius 2 is 0.610 bits per heavy atom. The summed E-state index contributed by atoms with van der Waals surface area (Å²) in [5.74, 6) is 15.5. The molecule has 0 amide bonds. The SMILES string of the molecule is C=CC1CCC(C(C)(C)CC(CC(CCC(CC)C2CCC(C(C)(C)CC)CC2)C2CCC(C(C)(C)C(CC)C3CCC(C(C)(C)CC)CC3)CC2)C2CCC(C(C)(C)C(CC)C3CCC(C(C)(C)CC)CC3)CC2)CC1. The van der Waals surface area contributed by atoms with Crippen LogP contribution in [0.25, 0.3) is 0 Å². The van der Waals surface area contributed by atoms with E-state index in [0.717, 1.165) is 101 Å². The van der Waals surface area contributed by atoms with Crippen LogP contribution in [-0.4, -0.2) is 0 Å². The molecule has 0 aromatic rings. The maximum atomic E-state index is 4.29. The quantitative estimate of drug-likeness (QED) is 0.0719. The Hall–Kier alpha value is -0.260. The summed E-state index contributed by atoms with van der Waals surface area (Å²) in [6, 6.07) is 0. The number of hydrogen-bond donors (Lipinski definition) is 0. The molecule has 0 heteroatoms. The first-order chi connectivity index (χ1) is 36.3. The molecule has 0 saturated heterocycles. The lowest BCUT2D eigenvalue weighted by Gasteiger charge is -2.51. The third kappa shape index (κ3) is 16.3. The molecule has 5 atom stereocenters. The molecule has 450 valence electrons. The van der Waals surface area contributed by atoms with Gasteiger partial charge in [0.25, 0.3) is 0 Å². The van der Waals surface area contributed by atoms with Gasteiger partial charge in [0, 0.05) is 0 Å². The van der Waals surface area contributed by atoms with Crippen molar-refractivity contribution in [3.05, 3.63) is 12.7 Å². The molecule has 0 aromatic heterocycles. The summed E-state index contributed by atoms with van der Waals surface area (Å²) in [4.78, 5) is 0. The minimum Gasteiger partial charge on any atom is -0.103 e. The van der Waals surface area contributed by atoms with Crippen LogP contribution in [0.3, 0.4) is 0 Å². The van der Waals surface area contributed by atoms with Gasteiger partial charge >= 0.3 is 0 Å². The van der Waals surface area contributed by atoms with Crippen molar-refractivity contribution in [3.63, 3.8) is 0 Å². The predicted octanol–water partition coefficient (Wildman–Crippen LogP) is 25.3. The highest BCUT2D eigenvalue weighted by molar-refractivity contribution is 4.99. The molecule has 0 bridgehead atoms. The average Bonchev–Trinajstić information content (AvgIpc) is 3.44. The van der Waals surface area contributed by atoms with E-state index in [4.69, 9.17) is 0 Å². The Bertz CT molecular complexity index is 1650. The van der Waals surface area contributed by atoms with Gasteiger partial charge in [0.2, 0.25) is 0 Å². The van der Waals surface area contributed by atoms with Gasteiger partial charge in [-0.05, 0) is 313 Å². The maximum Gasteiger partial charge on any atom is -0.0236 e. The molecule has 0 spiro atoms. The fraction of sp³-hybridized carbons (Fsp3) is 0.974. The fourth-order valence-electron chi connectivity index (χ4n) is 21.6. The van der Waals surface area contributed by atoms with Gasteiger partial charge in [-0.1, -0.05) is 169 Å². The highest BCUT2D eigenvalue weighted by Crippen LogP contribution is 2.58. The molecule has 0 aromatic carbocycles. The van der Waals surface area contributed by atoms with E-state index in [1.54, 1.807) is 6.42 Å². The number of allylic oxidation sites excluding steroid dienone is 1. The van der Waals surface area contributed by atoms with Crippen molar-refractivity contribution in [2.75, 3.05) is 0 Å². The molecule has 6 fully saturated rings. The second-order valence-corrected chi connectivity index (χ2v) is 34.3. The second kappa shape index (κ2) is 28.5. The Balaban J connectivity index is 1.22. The van der Waals surface area contributed by atoms with Gasteiger partial charge in [-0.15, -0.1) is 6.58 Å². The van der Waals surface area contributed by atoms with Gasteiger partial charge in [-0.2, -0.15) is 0 Å². The van der Waals surface area contributed by atoms with Crippen LogP contribution in [0.5, 0.6) is 0 Å². The average molecular weight is 1070 g/mol. The lowest BCUT2D eigenvalue weighted by atomic mass is 9.54. The van der Waals surface area contributed by atoms with Crippen LogP contribution in [0.4, 0.5) is 0 Å². The van der Waals surface area contributed by atoms with Gasteiger partial charge in [-0.25, -0.2) is 0 Å². The largest absolute Gasteiger partial charge is 0.103 e. The summed E-state index contributed by atoms with van der Waals surface area (Å²) < 4.78 is 0. The topological polar surface area (TPSA) is 0 Å². The molecule has 0 radical (unpaired) electrons. The summed E-state index contributed by atoms with van der Waals surface area (Å²) in [5, 5.41) is 0. The van der Waals surface area contributed by atoms with Crippen molar-refractivity contribution in [2.45, 2.75) is 343 Å². The van der Waals surface area contributed by atoms with Gasteiger partial charge < -0.3 is 0 Å². The zero-order chi connectivity index (χ0) is 56.6. The van der Waals surface area contributed by atoms with Crippen molar-refractivity contribution in [3.8, 4) is 0 Å². The van der Waals surface area contributed by atoms with Gasteiger partial charge in [0.1, 0.15) is 0 Å². The third-order valence-electron chi connectivity index (χ3n) is 29.0. The molecule has 6 aliphatic rings. The van der Waals surface area contributed by atoms with Gasteiger partial charge in [0.05, 0.1) is 0 Å². The second-order valence-electron chi connectivity index (χ2n) is 34.3. The minimum absolute atomic E-state index is 0.426. The van der Waals surface area contributed by atoms with E-state index in [1.165, 1.54) is 212 Å². The Kier molecular flexibility index (Phi) is 24.4. The molecule has 6 aliphatic carbocycles. The van der Waals surface area contributed by atoms with Crippen molar-refractivity contribution < 1.29 is 0 Å². The lowest BCUT2D eigenvalue weighted by molar-refractivity contribution is -0.0101. The number of hydrogen-bond acceptors (Lipinski definition) is 0. The normalized spacial score (nSPS) is 33.9. The monoisotopic (exact) mass is 1070 g/mol. The van der Waals surface area contributed by atoms with Gasteiger partial charge in [-0.3, -0.25) is 0 Å². The first-order valence-electron chi connectivity index (χ1n) is 35.9. The zero-order valence-corrected chi connectivity index (χ0v) is 56.1. The lowest BCUT2D eigenvalue weighted by Crippen LogP contribution is -2.42. The summed E-state index contributed by atoms with van der Waals surface area (Å²) in [6.45, 7) is 51.5. The zero-order valence-electron chi connectivity index (χ0n) is 56.1.